The summed E-state index contributed by atoms with van der Waals surface area (Å²) in [5.41, 5.74) is 0.960. The molecule has 1 unspecified atom stereocenters. The van der Waals surface area contributed by atoms with Crippen molar-refractivity contribution < 1.29 is 14.3 Å². The van der Waals surface area contributed by atoms with Gasteiger partial charge in [0.05, 0.1) is 17.8 Å². The third kappa shape index (κ3) is 6.50. The van der Waals surface area contributed by atoms with Gasteiger partial charge in [0.25, 0.3) is 5.91 Å². The first-order chi connectivity index (χ1) is 13.0. The Balaban J connectivity index is 2.17. The predicted octanol–water partition coefficient (Wildman–Crippen LogP) is 1.96. The van der Waals surface area contributed by atoms with Gasteiger partial charge in [-0.25, -0.2) is 9.97 Å². The number of carbonyl (C=O) groups is 2. The maximum atomic E-state index is 12.7. The Morgan fingerprint density at radius 2 is 2.04 bits per heavy atom. The van der Waals surface area contributed by atoms with Gasteiger partial charge in [-0.1, -0.05) is 53.7 Å². The molecule has 9 heteroatoms. The van der Waals surface area contributed by atoms with Crippen molar-refractivity contribution in [2.24, 2.45) is 0 Å². The monoisotopic (exact) mass is 408 g/mol. The fourth-order valence-corrected chi connectivity index (χ4v) is 2.81. The van der Waals surface area contributed by atoms with E-state index in [-0.39, 0.29) is 16.6 Å². The van der Waals surface area contributed by atoms with Crippen molar-refractivity contribution in [1.29, 1.82) is 0 Å². The van der Waals surface area contributed by atoms with Gasteiger partial charge in [0.1, 0.15) is 6.04 Å². The minimum atomic E-state index is -0.777. The molecule has 0 saturated heterocycles. The number of aromatic nitrogens is 2. The summed E-state index contributed by atoms with van der Waals surface area (Å²) in [6, 6.07) is 8.66. The van der Waals surface area contributed by atoms with E-state index < -0.39 is 11.9 Å². The minimum Gasteiger partial charge on any atom is -0.383 e. The minimum absolute atomic E-state index is 0.0405. The van der Waals surface area contributed by atoms with Crippen LogP contribution in [0.1, 0.15) is 16.1 Å². The molecule has 27 heavy (non-hydrogen) atoms. The molecule has 0 saturated carbocycles. The van der Waals surface area contributed by atoms with Gasteiger partial charge in [-0.05, 0) is 11.8 Å². The number of nitrogens with one attached hydrogen (secondary N) is 2. The lowest BCUT2D eigenvalue weighted by atomic mass is 10.0. The first kappa shape index (κ1) is 21.1. The fourth-order valence-electron chi connectivity index (χ4n) is 2.29. The lowest BCUT2D eigenvalue weighted by Gasteiger charge is -2.19. The molecule has 1 aromatic carbocycles. The largest absolute Gasteiger partial charge is 0.383 e. The van der Waals surface area contributed by atoms with E-state index >= 15 is 0 Å². The zero-order chi connectivity index (χ0) is 19.6. The summed E-state index contributed by atoms with van der Waals surface area (Å²) < 4.78 is 4.94. The van der Waals surface area contributed by atoms with Gasteiger partial charge >= 0.3 is 0 Å². The number of benzene rings is 1. The summed E-state index contributed by atoms with van der Waals surface area (Å²) in [6.45, 7) is 0.730. The van der Waals surface area contributed by atoms with Crippen LogP contribution in [0.2, 0.25) is 5.02 Å². The molecule has 0 bridgehead atoms. The number of amides is 2. The number of carbonyl (C=O) groups excluding carboxylic acids is 2. The van der Waals surface area contributed by atoms with Crippen LogP contribution in [0.4, 0.5) is 0 Å². The second-order valence-corrected chi connectivity index (χ2v) is 6.73. The molecule has 2 amide bonds. The first-order valence-electron chi connectivity index (χ1n) is 8.23. The summed E-state index contributed by atoms with van der Waals surface area (Å²) >= 11 is 7.36. The Hall–Kier alpha value is -2.16. The van der Waals surface area contributed by atoms with Crippen molar-refractivity contribution in [3.05, 3.63) is 52.8 Å². The van der Waals surface area contributed by atoms with E-state index in [4.69, 9.17) is 16.3 Å². The van der Waals surface area contributed by atoms with E-state index in [1.165, 1.54) is 18.0 Å². The molecule has 7 nitrogen and oxygen atoms in total. The Labute approximate surface area is 167 Å². The van der Waals surface area contributed by atoms with Crippen LogP contribution in [-0.2, 0) is 16.0 Å². The van der Waals surface area contributed by atoms with Gasteiger partial charge in [0, 0.05) is 20.1 Å². The zero-order valence-corrected chi connectivity index (χ0v) is 16.6. The summed E-state index contributed by atoms with van der Waals surface area (Å²) in [5.74, 6) is -0.833. The molecule has 2 N–H and O–H groups in total. The quantitative estimate of drug-likeness (QED) is 0.374. The van der Waals surface area contributed by atoms with Crippen LogP contribution in [0.5, 0.6) is 0 Å². The molecule has 1 aromatic heterocycles. The Morgan fingerprint density at radius 1 is 1.30 bits per heavy atom. The molecule has 144 valence electrons. The second kappa shape index (κ2) is 10.9. The molecule has 0 fully saturated rings. The number of rotatable bonds is 9. The van der Waals surface area contributed by atoms with Crippen LogP contribution in [0, 0.1) is 0 Å². The number of ether oxygens (including phenoxy) is 1. The van der Waals surface area contributed by atoms with Crippen LogP contribution in [0.25, 0.3) is 0 Å². The lowest BCUT2D eigenvalue weighted by Crippen LogP contribution is -2.48. The van der Waals surface area contributed by atoms with E-state index in [0.717, 1.165) is 5.56 Å². The third-order valence-corrected chi connectivity index (χ3v) is 4.47. The molecule has 2 aromatic rings. The summed E-state index contributed by atoms with van der Waals surface area (Å²) in [7, 11) is 1.55. The molecule has 0 spiro atoms. The number of hydrogen-bond donors (Lipinski definition) is 2. The molecular formula is C18H21ClN4O3S. The van der Waals surface area contributed by atoms with Gasteiger partial charge < -0.3 is 15.4 Å². The molecule has 1 heterocycles. The van der Waals surface area contributed by atoms with Crippen LogP contribution in [-0.4, -0.2) is 54.3 Å². The Kier molecular flexibility index (Phi) is 8.50. The number of halogens is 1. The van der Waals surface area contributed by atoms with E-state index in [1.807, 2.05) is 30.3 Å². The molecule has 2 rings (SSSR count). The zero-order valence-electron chi connectivity index (χ0n) is 15.1. The van der Waals surface area contributed by atoms with Crippen LogP contribution in [0.15, 0.2) is 41.7 Å². The van der Waals surface area contributed by atoms with E-state index in [0.29, 0.717) is 24.7 Å². The first-order valence-corrected chi connectivity index (χ1v) is 9.83. The Morgan fingerprint density at radius 3 is 2.70 bits per heavy atom. The third-order valence-electron chi connectivity index (χ3n) is 3.63. The van der Waals surface area contributed by atoms with Crippen molar-refractivity contribution in [1.82, 2.24) is 20.6 Å². The average Bonchev–Trinajstić information content (AvgIpc) is 2.68. The fraction of sp³-hybridized carbons (Fsp3) is 0.333. The number of nitrogens with zero attached hydrogens (tertiary/aromatic N) is 2. The van der Waals surface area contributed by atoms with Crippen molar-refractivity contribution in [2.75, 3.05) is 26.5 Å². The van der Waals surface area contributed by atoms with E-state index in [1.54, 1.807) is 13.4 Å². The smallest absolute Gasteiger partial charge is 0.272 e. The highest BCUT2D eigenvalue weighted by Crippen LogP contribution is 2.17. The van der Waals surface area contributed by atoms with E-state index in [2.05, 4.69) is 20.6 Å². The second-order valence-electron chi connectivity index (χ2n) is 5.55. The van der Waals surface area contributed by atoms with Gasteiger partial charge in [0.2, 0.25) is 5.91 Å². The van der Waals surface area contributed by atoms with Crippen molar-refractivity contribution in [3.8, 4) is 0 Å². The van der Waals surface area contributed by atoms with Crippen LogP contribution < -0.4 is 10.6 Å². The number of methoxy groups -OCH3 is 1. The van der Waals surface area contributed by atoms with Gasteiger partial charge in [-0.15, -0.1) is 0 Å². The van der Waals surface area contributed by atoms with Crippen molar-refractivity contribution >= 4 is 35.2 Å². The standard InChI is InChI=1S/C18H21ClN4O3S/c1-26-9-8-20-16(24)14(10-12-6-4-3-5-7-12)22-17(25)15-13(19)11-21-18(23-15)27-2/h3-7,11,14H,8-10H2,1-2H3,(H,20,24)(H,22,25). The molecule has 1 atom stereocenters. The van der Waals surface area contributed by atoms with E-state index in [9.17, 15) is 9.59 Å². The number of thioether (sulfide) groups is 1. The lowest BCUT2D eigenvalue weighted by molar-refractivity contribution is -0.123. The van der Waals surface area contributed by atoms with Gasteiger partial charge in [-0.3, -0.25) is 9.59 Å². The summed E-state index contributed by atoms with van der Waals surface area (Å²) in [4.78, 5) is 33.4. The normalized spacial score (nSPS) is 11.7. The maximum absolute atomic E-state index is 12.7. The molecule has 0 aliphatic rings. The van der Waals surface area contributed by atoms with Crippen LogP contribution >= 0.6 is 23.4 Å². The van der Waals surface area contributed by atoms with Gasteiger partial charge in [0.15, 0.2) is 10.9 Å². The molecule has 0 radical (unpaired) electrons. The van der Waals surface area contributed by atoms with Crippen LogP contribution in [0.3, 0.4) is 0 Å². The molecular weight excluding hydrogens is 388 g/mol. The highest BCUT2D eigenvalue weighted by atomic mass is 35.5. The summed E-state index contributed by atoms with van der Waals surface area (Å²) in [6.07, 6.45) is 3.51. The summed E-state index contributed by atoms with van der Waals surface area (Å²) in [5, 5.41) is 6.03. The Bertz CT molecular complexity index is 776. The molecule has 0 aliphatic carbocycles. The maximum Gasteiger partial charge on any atom is 0.272 e. The average molecular weight is 409 g/mol. The number of hydrogen-bond acceptors (Lipinski definition) is 6. The molecule has 0 aliphatic heterocycles. The van der Waals surface area contributed by atoms with Crippen molar-refractivity contribution in [2.45, 2.75) is 17.6 Å². The SMILES string of the molecule is COCCNC(=O)C(Cc1ccccc1)NC(=O)c1nc(SC)ncc1Cl. The topological polar surface area (TPSA) is 93.2 Å². The predicted molar refractivity (Wildman–Crippen MR) is 105 cm³/mol. The highest BCUT2D eigenvalue weighted by Gasteiger charge is 2.24. The highest BCUT2D eigenvalue weighted by molar-refractivity contribution is 7.98. The van der Waals surface area contributed by atoms with Crippen molar-refractivity contribution in [3.63, 3.8) is 0 Å². The van der Waals surface area contributed by atoms with Gasteiger partial charge in [-0.2, -0.15) is 0 Å².